The van der Waals surface area contributed by atoms with Crippen molar-refractivity contribution < 1.29 is 4.79 Å². The Morgan fingerprint density at radius 1 is 1.07 bits per heavy atom. The van der Waals surface area contributed by atoms with Crippen LogP contribution in [0.2, 0.25) is 5.02 Å². The molecule has 0 aliphatic carbocycles. The van der Waals surface area contributed by atoms with Crippen LogP contribution >= 0.6 is 11.6 Å². The zero-order chi connectivity index (χ0) is 19.5. The van der Waals surface area contributed by atoms with Crippen molar-refractivity contribution in [3.05, 3.63) is 83.4 Å². The molecule has 28 heavy (non-hydrogen) atoms. The van der Waals surface area contributed by atoms with Crippen molar-refractivity contribution in [2.75, 3.05) is 5.32 Å². The third-order valence-corrected chi connectivity index (χ3v) is 4.36. The highest BCUT2D eigenvalue weighted by Crippen LogP contribution is 2.19. The number of rotatable bonds is 4. The van der Waals surface area contributed by atoms with Gasteiger partial charge in [0.05, 0.1) is 17.1 Å². The molecule has 0 unspecified atom stereocenters. The number of carbonyl (C=O) groups excluding carboxylic acids is 1. The molecule has 3 heterocycles. The smallest absolute Gasteiger partial charge is 0.279 e. The van der Waals surface area contributed by atoms with Crippen molar-refractivity contribution in [3.8, 4) is 16.9 Å². The maximum atomic E-state index is 12.6. The Balaban J connectivity index is 1.53. The molecule has 0 radical (unpaired) electrons. The number of hydrogen-bond acceptors (Lipinski definition) is 5. The first-order valence-corrected chi connectivity index (χ1v) is 8.86. The van der Waals surface area contributed by atoms with E-state index in [1.807, 2.05) is 36.4 Å². The first kappa shape index (κ1) is 17.8. The molecular weight excluding hydrogens is 376 g/mol. The molecular formula is C20H15ClN6O. The third-order valence-electron chi connectivity index (χ3n) is 4.13. The van der Waals surface area contributed by atoms with E-state index in [4.69, 9.17) is 11.6 Å². The largest absolute Gasteiger partial charge is 0.305 e. The lowest BCUT2D eigenvalue weighted by atomic mass is 10.2. The summed E-state index contributed by atoms with van der Waals surface area (Å²) >= 11 is 6.03. The Labute approximate surface area is 166 Å². The molecule has 0 saturated carbocycles. The fourth-order valence-electron chi connectivity index (χ4n) is 2.72. The average Bonchev–Trinajstić information content (AvgIpc) is 3.11. The number of carbonyl (C=O) groups is 1. The van der Waals surface area contributed by atoms with Gasteiger partial charge in [-0.05, 0) is 49.4 Å². The highest BCUT2D eigenvalue weighted by Gasteiger charge is 2.18. The van der Waals surface area contributed by atoms with Gasteiger partial charge in [-0.1, -0.05) is 28.9 Å². The monoisotopic (exact) mass is 390 g/mol. The Morgan fingerprint density at radius 3 is 2.68 bits per heavy atom. The lowest BCUT2D eigenvalue weighted by molar-refractivity contribution is 0.102. The van der Waals surface area contributed by atoms with Gasteiger partial charge in [0.1, 0.15) is 5.82 Å². The van der Waals surface area contributed by atoms with Gasteiger partial charge in [0.15, 0.2) is 5.69 Å². The maximum absolute atomic E-state index is 12.6. The molecule has 0 saturated heterocycles. The van der Waals surface area contributed by atoms with Crippen molar-refractivity contribution >= 4 is 23.3 Å². The van der Waals surface area contributed by atoms with Gasteiger partial charge in [-0.15, -0.1) is 5.10 Å². The number of pyridine rings is 2. The minimum atomic E-state index is -0.385. The molecule has 1 aromatic carbocycles. The van der Waals surface area contributed by atoms with E-state index in [1.54, 1.807) is 42.2 Å². The predicted molar refractivity (Wildman–Crippen MR) is 107 cm³/mol. The summed E-state index contributed by atoms with van der Waals surface area (Å²) in [5.74, 6) is 0.0326. The van der Waals surface area contributed by atoms with E-state index < -0.39 is 0 Å². The van der Waals surface area contributed by atoms with Crippen molar-refractivity contribution in [3.63, 3.8) is 0 Å². The van der Waals surface area contributed by atoms with Gasteiger partial charge < -0.3 is 5.32 Å². The molecule has 4 rings (SSSR count). The Bertz CT molecular complexity index is 1130. The second-order valence-corrected chi connectivity index (χ2v) is 6.45. The summed E-state index contributed by atoms with van der Waals surface area (Å²) in [7, 11) is 0. The molecule has 8 heteroatoms. The van der Waals surface area contributed by atoms with Crippen LogP contribution in [-0.2, 0) is 0 Å². The SMILES string of the molecule is Cc1c(C(=O)Nc2ccc(-c3ccccn3)cn2)nnn1-c1cccc(Cl)c1. The molecule has 0 fully saturated rings. The van der Waals surface area contributed by atoms with Crippen LogP contribution in [0, 0.1) is 6.92 Å². The normalized spacial score (nSPS) is 10.6. The van der Waals surface area contributed by atoms with Gasteiger partial charge in [0.25, 0.3) is 5.91 Å². The maximum Gasteiger partial charge on any atom is 0.279 e. The van der Waals surface area contributed by atoms with Crippen LogP contribution < -0.4 is 5.32 Å². The second-order valence-electron chi connectivity index (χ2n) is 6.02. The first-order chi connectivity index (χ1) is 13.6. The number of nitrogens with zero attached hydrogens (tertiary/aromatic N) is 5. The minimum absolute atomic E-state index is 0.218. The third kappa shape index (κ3) is 3.60. The zero-order valence-electron chi connectivity index (χ0n) is 14.9. The summed E-state index contributed by atoms with van der Waals surface area (Å²) in [6, 6.07) is 16.4. The van der Waals surface area contributed by atoms with Gasteiger partial charge >= 0.3 is 0 Å². The summed E-state index contributed by atoms with van der Waals surface area (Å²) in [5, 5.41) is 11.4. The van der Waals surface area contributed by atoms with E-state index in [-0.39, 0.29) is 11.6 Å². The van der Waals surface area contributed by atoms with Crippen LogP contribution in [0.4, 0.5) is 5.82 Å². The molecule has 1 amide bonds. The van der Waals surface area contributed by atoms with Gasteiger partial charge in [0, 0.05) is 23.0 Å². The first-order valence-electron chi connectivity index (χ1n) is 8.49. The van der Waals surface area contributed by atoms with E-state index in [9.17, 15) is 4.79 Å². The average molecular weight is 391 g/mol. The van der Waals surface area contributed by atoms with Crippen molar-refractivity contribution in [1.29, 1.82) is 0 Å². The van der Waals surface area contributed by atoms with Crippen LogP contribution in [0.5, 0.6) is 0 Å². The summed E-state index contributed by atoms with van der Waals surface area (Å²) in [5.41, 5.74) is 3.23. The standard InChI is InChI=1S/C20H15ClN6O/c1-13-19(25-26-27(13)16-6-4-5-15(21)11-16)20(28)24-18-9-8-14(12-23-18)17-7-2-3-10-22-17/h2-12H,1H3,(H,23,24,28). The van der Waals surface area contributed by atoms with E-state index in [1.165, 1.54) is 0 Å². The zero-order valence-corrected chi connectivity index (χ0v) is 15.6. The fraction of sp³-hybridized carbons (Fsp3) is 0.0500. The topological polar surface area (TPSA) is 85.6 Å². The number of anilines is 1. The molecule has 0 bridgehead atoms. The number of amides is 1. The number of benzene rings is 1. The van der Waals surface area contributed by atoms with Crippen LogP contribution in [0.3, 0.4) is 0 Å². The fourth-order valence-corrected chi connectivity index (χ4v) is 2.90. The highest BCUT2D eigenvalue weighted by atomic mass is 35.5. The Hall–Kier alpha value is -3.58. The molecule has 4 aromatic rings. The molecule has 0 spiro atoms. The lowest BCUT2D eigenvalue weighted by Gasteiger charge is -2.06. The van der Waals surface area contributed by atoms with Crippen LogP contribution in [0.15, 0.2) is 67.0 Å². The Morgan fingerprint density at radius 2 is 1.96 bits per heavy atom. The molecule has 0 atom stereocenters. The molecule has 0 aliphatic rings. The lowest BCUT2D eigenvalue weighted by Crippen LogP contribution is -2.15. The van der Waals surface area contributed by atoms with Gasteiger partial charge in [-0.2, -0.15) is 0 Å². The molecule has 0 aliphatic heterocycles. The van der Waals surface area contributed by atoms with Crippen LogP contribution in [-0.4, -0.2) is 30.9 Å². The molecule has 138 valence electrons. The summed E-state index contributed by atoms with van der Waals surface area (Å²) in [6.07, 6.45) is 3.38. The predicted octanol–water partition coefficient (Wildman–Crippen LogP) is 3.94. The summed E-state index contributed by atoms with van der Waals surface area (Å²) < 4.78 is 1.57. The van der Waals surface area contributed by atoms with E-state index >= 15 is 0 Å². The second kappa shape index (κ2) is 7.58. The molecule has 7 nitrogen and oxygen atoms in total. The number of halogens is 1. The number of nitrogens with one attached hydrogen (secondary N) is 1. The van der Waals surface area contributed by atoms with Crippen molar-refractivity contribution in [1.82, 2.24) is 25.0 Å². The van der Waals surface area contributed by atoms with Crippen LogP contribution in [0.1, 0.15) is 16.2 Å². The summed E-state index contributed by atoms with van der Waals surface area (Å²) in [6.45, 7) is 1.77. The van der Waals surface area contributed by atoms with E-state index in [0.717, 1.165) is 16.9 Å². The van der Waals surface area contributed by atoms with Crippen molar-refractivity contribution in [2.45, 2.75) is 6.92 Å². The van der Waals surface area contributed by atoms with E-state index in [2.05, 4.69) is 25.6 Å². The van der Waals surface area contributed by atoms with Gasteiger partial charge in [0.2, 0.25) is 0 Å². The quantitative estimate of drug-likeness (QED) is 0.570. The van der Waals surface area contributed by atoms with Gasteiger partial charge in [-0.3, -0.25) is 9.78 Å². The van der Waals surface area contributed by atoms with E-state index in [0.29, 0.717) is 16.5 Å². The molecule has 1 N–H and O–H groups in total. The number of aromatic nitrogens is 5. The van der Waals surface area contributed by atoms with Gasteiger partial charge in [-0.25, -0.2) is 9.67 Å². The number of hydrogen-bond donors (Lipinski definition) is 1. The summed E-state index contributed by atoms with van der Waals surface area (Å²) in [4.78, 5) is 21.2. The molecule has 3 aromatic heterocycles. The van der Waals surface area contributed by atoms with Crippen LogP contribution in [0.25, 0.3) is 16.9 Å². The Kier molecular flexibility index (Phi) is 4.82. The van der Waals surface area contributed by atoms with Crippen molar-refractivity contribution in [2.24, 2.45) is 0 Å². The minimum Gasteiger partial charge on any atom is -0.305 e. The highest BCUT2D eigenvalue weighted by molar-refractivity contribution is 6.30.